The molecule has 3 nitrogen and oxygen atoms in total. The van der Waals surface area contributed by atoms with Gasteiger partial charge in [0.25, 0.3) is 0 Å². The van der Waals surface area contributed by atoms with E-state index in [1.54, 1.807) is 0 Å². The molecular formula is C12H13F2NO2. The number of hydrogen-bond donors (Lipinski definition) is 1. The minimum absolute atomic E-state index is 0.380. The van der Waals surface area contributed by atoms with Crippen molar-refractivity contribution in [1.29, 1.82) is 0 Å². The lowest BCUT2D eigenvalue weighted by molar-refractivity contribution is -0.146. The van der Waals surface area contributed by atoms with E-state index in [-0.39, 0.29) is 0 Å². The molecule has 1 aliphatic heterocycles. The van der Waals surface area contributed by atoms with E-state index in [9.17, 15) is 13.6 Å². The second kappa shape index (κ2) is 4.41. The molecular weight excluding hydrogens is 228 g/mol. The predicted octanol–water partition coefficient (Wildman–Crippen LogP) is 1.37. The number of carbonyl (C=O) groups excluding carboxylic acids is 1. The maximum absolute atomic E-state index is 13.2. The molecule has 0 bridgehead atoms. The van der Waals surface area contributed by atoms with Crippen molar-refractivity contribution in [1.82, 2.24) is 5.32 Å². The fraction of sp³-hybridized carbons (Fsp3) is 0.417. The van der Waals surface area contributed by atoms with Crippen LogP contribution in [0.25, 0.3) is 0 Å². The lowest BCUT2D eigenvalue weighted by Crippen LogP contribution is -2.39. The highest BCUT2D eigenvalue weighted by molar-refractivity contribution is 5.84. The highest BCUT2D eigenvalue weighted by Crippen LogP contribution is 2.32. The van der Waals surface area contributed by atoms with Crippen molar-refractivity contribution in [3.63, 3.8) is 0 Å². The van der Waals surface area contributed by atoms with Crippen molar-refractivity contribution >= 4 is 5.97 Å². The van der Waals surface area contributed by atoms with Crippen molar-refractivity contribution < 1.29 is 18.3 Å². The van der Waals surface area contributed by atoms with E-state index in [0.29, 0.717) is 25.1 Å². The summed E-state index contributed by atoms with van der Waals surface area (Å²) in [4.78, 5) is 11.9. The van der Waals surface area contributed by atoms with E-state index in [4.69, 9.17) is 4.74 Å². The number of rotatable bonds is 2. The monoisotopic (exact) mass is 241 g/mol. The van der Waals surface area contributed by atoms with Crippen LogP contribution in [0.15, 0.2) is 18.2 Å². The van der Waals surface area contributed by atoms with Gasteiger partial charge in [-0.05, 0) is 30.7 Å². The Labute approximate surface area is 97.8 Å². The molecule has 0 amide bonds. The fourth-order valence-corrected chi connectivity index (χ4v) is 2.22. The zero-order valence-electron chi connectivity index (χ0n) is 9.43. The van der Waals surface area contributed by atoms with Crippen molar-refractivity contribution in [2.75, 3.05) is 20.2 Å². The standard InChI is InChI=1S/C12H13F2NO2/c1-17-11(16)12(4-5-15-7-12)8-2-3-9(13)10(14)6-8/h2-3,6,15H,4-5,7H2,1H3. The average molecular weight is 241 g/mol. The number of halogens is 2. The van der Waals surface area contributed by atoms with Gasteiger partial charge in [-0.2, -0.15) is 0 Å². The van der Waals surface area contributed by atoms with Crippen LogP contribution >= 0.6 is 0 Å². The molecule has 0 saturated carbocycles. The van der Waals surface area contributed by atoms with E-state index in [2.05, 4.69) is 5.32 Å². The highest BCUT2D eigenvalue weighted by atomic mass is 19.2. The smallest absolute Gasteiger partial charge is 0.317 e. The molecule has 1 atom stereocenters. The lowest BCUT2D eigenvalue weighted by Gasteiger charge is -2.25. The van der Waals surface area contributed by atoms with Gasteiger partial charge in [0.15, 0.2) is 11.6 Å². The third-order valence-corrected chi connectivity index (χ3v) is 3.20. The van der Waals surface area contributed by atoms with E-state index in [1.165, 1.54) is 13.2 Å². The Morgan fingerprint density at radius 2 is 2.18 bits per heavy atom. The molecule has 1 aromatic rings. The molecule has 1 unspecified atom stereocenters. The largest absolute Gasteiger partial charge is 0.468 e. The first-order chi connectivity index (χ1) is 8.10. The molecule has 1 fully saturated rings. The van der Waals surface area contributed by atoms with Crippen LogP contribution in [0, 0.1) is 11.6 Å². The highest BCUT2D eigenvalue weighted by Gasteiger charge is 2.44. The number of benzene rings is 1. The second-order valence-electron chi connectivity index (χ2n) is 4.13. The van der Waals surface area contributed by atoms with Gasteiger partial charge >= 0.3 is 5.97 Å². The first kappa shape index (κ1) is 12.0. The first-order valence-electron chi connectivity index (χ1n) is 5.35. The molecule has 17 heavy (non-hydrogen) atoms. The maximum Gasteiger partial charge on any atom is 0.317 e. The Kier molecular flexibility index (Phi) is 3.11. The molecule has 1 aliphatic rings. The topological polar surface area (TPSA) is 38.3 Å². The summed E-state index contributed by atoms with van der Waals surface area (Å²) in [7, 11) is 1.29. The molecule has 0 spiro atoms. The summed E-state index contributed by atoms with van der Waals surface area (Å²) in [6.07, 6.45) is 0.519. The normalized spacial score (nSPS) is 23.7. The Morgan fingerprint density at radius 1 is 1.41 bits per heavy atom. The van der Waals surface area contributed by atoms with E-state index >= 15 is 0 Å². The van der Waals surface area contributed by atoms with Gasteiger partial charge in [-0.25, -0.2) is 8.78 Å². The Morgan fingerprint density at radius 3 is 2.71 bits per heavy atom. The van der Waals surface area contributed by atoms with Gasteiger partial charge in [-0.1, -0.05) is 6.07 Å². The Hall–Kier alpha value is -1.49. The molecule has 1 N–H and O–H groups in total. The van der Waals surface area contributed by atoms with Crippen LogP contribution in [-0.4, -0.2) is 26.2 Å². The average Bonchev–Trinajstić information content (AvgIpc) is 2.82. The summed E-state index contributed by atoms with van der Waals surface area (Å²) in [5.74, 6) is -2.29. The van der Waals surface area contributed by atoms with Crippen LogP contribution in [0.1, 0.15) is 12.0 Å². The first-order valence-corrected chi connectivity index (χ1v) is 5.35. The van der Waals surface area contributed by atoms with Gasteiger partial charge in [0, 0.05) is 6.54 Å². The molecule has 1 aromatic carbocycles. The maximum atomic E-state index is 13.2. The van der Waals surface area contributed by atoms with Crippen LogP contribution in [0.4, 0.5) is 8.78 Å². The molecule has 5 heteroatoms. The summed E-state index contributed by atoms with van der Waals surface area (Å²) < 4.78 is 30.9. The molecule has 2 rings (SSSR count). The Bertz CT molecular complexity index is 442. The van der Waals surface area contributed by atoms with Gasteiger partial charge < -0.3 is 10.1 Å². The van der Waals surface area contributed by atoms with E-state index < -0.39 is 23.0 Å². The number of ether oxygens (including phenoxy) is 1. The zero-order chi connectivity index (χ0) is 12.5. The minimum atomic E-state index is -0.947. The van der Waals surface area contributed by atoms with Crippen LogP contribution in [0.3, 0.4) is 0 Å². The van der Waals surface area contributed by atoms with Gasteiger partial charge in [-0.15, -0.1) is 0 Å². The van der Waals surface area contributed by atoms with Crippen LogP contribution in [0.5, 0.6) is 0 Å². The third-order valence-electron chi connectivity index (χ3n) is 3.20. The van der Waals surface area contributed by atoms with Crippen LogP contribution < -0.4 is 5.32 Å². The number of carbonyl (C=O) groups is 1. The number of nitrogens with one attached hydrogen (secondary N) is 1. The van der Waals surface area contributed by atoms with Crippen LogP contribution in [-0.2, 0) is 14.9 Å². The van der Waals surface area contributed by atoms with Crippen molar-refractivity contribution in [3.8, 4) is 0 Å². The fourth-order valence-electron chi connectivity index (χ4n) is 2.22. The predicted molar refractivity (Wildman–Crippen MR) is 57.5 cm³/mol. The Balaban J connectivity index is 2.46. The van der Waals surface area contributed by atoms with Gasteiger partial charge in [0.1, 0.15) is 5.41 Å². The van der Waals surface area contributed by atoms with Crippen LogP contribution in [0.2, 0.25) is 0 Å². The molecule has 0 aliphatic carbocycles. The van der Waals surface area contributed by atoms with E-state index in [1.807, 2.05) is 0 Å². The van der Waals surface area contributed by atoms with Gasteiger partial charge in [-0.3, -0.25) is 4.79 Å². The molecule has 0 radical (unpaired) electrons. The molecule has 1 saturated heterocycles. The van der Waals surface area contributed by atoms with Crippen molar-refractivity contribution in [3.05, 3.63) is 35.4 Å². The van der Waals surface area contributed by atoms with Crippen molar-refractivity contribution in [2.24, 2.45) is 0 Å². The number of hydrogen-bond acceptors (Lipinski definition) is 3. The zero-order valence-corrected chi connectivity index (χ0v) is 9.43. The molecule has 92 valence electrons. The second-order valence-corrected chi connectivity index (χ2v) is 4.13. The van der Waals surface area contributed by atoms with Gasteiger partial charge in [0.05, 0.1) is 7.11 Å². The number of methoxy groups -OCH3 is 1. The minimum Gasteiger partial charge on any atom is -0.468 e. The van der Waals surface area contributed by atoms with E-state index in [0.717, 1.165) is 12.1 Å². The summed E-state index contributed by atoms with van der Waals surface area (Å²) in [6.45, 7) is 1.03. The summed E-state index contributed by atoms with van der Waals surface area (Å²) in [6, 6.07) is 3.54. The lowest BCUT2D eigenvalue weighted by atomic mass is 9.79. The quantitative estimate of drug-likeness (QED) is 0.795. The molecule has 0 aromatic heterocycles. The summed E-state index contributed by atoms with van der Waals surface area (Å²) >= 11 is 0. The number of esters is 1. The van der Waals surface area contributed by atoms with Gasteiger partial charge in [0.2, 0.25) is 0 Å². The third kappa shape index (κ3) is 1.91. The summed E-state index contributed by atoms with van der Waals surface area (Å²) in [5.41, 5.74) is -0.447. The molecule has 1 heterocycles. The van der Waals surface area contributed by atoms with Crippen molar-refractivity contribution in [2.45, 2.75) is 11.8 Å². The SMILES string of the molecule is COC(=O)C1(c2ccc(F)c(F)c2)CCNC1. The summed E-state index contributed by atoms with van der Waals surface area (Å²) in [5, 5.41) is 3.04.